The Morgan fingerprint density at radius 1 is 0.737 bits per heavy atom. The predicted octanol–water partition coefficient (Wildman–Crippen LogP) is -0.809. The lowest BCUT2D eigenvalue weighted by molar-refractivity contribution is 0.0713. The van der Waals surface area contributed by atoms with Gasteiger partial charge in [-0.2, -0.15) is 0 Å². The fourth-order valence-electron chi connectivity index (χ4n) is 1.57. The van der Waals surface area contributed by atoms with Gasteiger partial charge in [-0.15, -0.1) is 0 Å². The summed E-state index contributed by atoms with van der Waals surface area (Å²) in [5.41, 5.74) is 10.9. The second-order valence-electron chi connectivity index (χ2n) is 4.80. The second kappa shape index (κ2) is 14.2. The molecule has 0 spiro atoms. The number of hydrogen-bond donors (Lipinski definition) is 2. The van der Waals surface area contributed by atoms with Crippen LogP contribution in [0.1, 0.15) is 6.42 Å². The molecule has 0 aliphatic rings. The summed E-state index contributed by atoms with van der Waals surface area (Å²) in [6, 6.07) is 0. The molecule has 0 aromatic carbocycles. The molecule has 4 N–H and O–H groups in total. The van der Waals surface area contributed by atoms with E-state index in [9.17, 15) is 0 Å². The van der Waals surface area contributed by atoms with E-state index in [1.165, 1.54) is 0 Å². The first kappa shape index (κ1) is 18.8. The maximum atomic E-state index is 5.61. The molecule has 0 aromatic rings. The van der Waals surface area contributed by atoms with Gasteiger partial charge >= 0.3 is 0 Å². The minimum atomic E-state index is 0.580. The van der Waals surface area contributed by atoms with E-state index in [4.69, 9.17) is 20.9 Å². The molecule has 0 aromatic heterocycles. The van der Waals surface area contributed by atoms with Gasteiger partial charge in [0, 0.05) is 26.2 Å². The zero-order valence-electron chi connectivity index (χ0n) is 12.6. The summed E-state index contributed by atoms with van der Waals surface area (Å²) in [5, 5.41) is 0. The molecule has 0 rings (SSSR count). The second-order valence-corrected chi connectivity index (χ2v) is 4.80. The highest BCUT2D eigenvalue weighted by atomic mass is 16.5. The largest absolute Gasteiger partial charge is 0.379 e. The molecule has 0 fully saturated rings. The third-order valence-corrected chi connectivity index (χ3v) is 2.73. The lowest BCUT2D eigenvalue weighted by atomic mass is 10.3. The Hall–Kier alpha value is -0.240. The summed E-state index contributed by atoms with van der Waals surface area (Å²) >= 11 is 0. The molecule has 0 amide bonds. The van der Waals surface area contributed by atoms with Crippen LogP contribution >= 0.6 is 0 Å². The van der Waals surface area contributed by atoms with Crippen molar-refractivity contribution in [2.45, 2.75) is 6.42 Å². The van der Waals surface area contributed by atoms with Gasteiger partial charge in [-0.05, 0) is 33.6 Å². The molecule has 0 bridgehead atoms. The van der Waals surface area contributed by atoms with E-state index < -0.39 is 0 Å². The van der Waals surface area contributed by atoms with Crippen LogP contribution in [0.3, 0.4) is 0 Å². The van der Waals surface area contributed by atoms with E-state index >= 15 is 0 Å². The van der Waals surface area contributed by atoms with E-state index in [1.807, 2.05) is 14.1 Å². The number of nitrogens with two attached hydrogens (primary N) is 2. The molecule has 0 atom stereocenters. The third-order valence-electron chi connectivity index (χ3n) is 2.73. The first-order valence-electron chi connectivity index (χ1n) is 7.13. The van der Waals surface area contributed by atoms with E-state index in [1.54, 1.807) is 0 Å². The molecule has 0 saturated heterocycles. The van der Waals surface area contributed by atoms with Crippen LogP contribution in [0.25, 0.3) is 0 Å². The minimum absolute atomic E-state index is 0.580. The van der Waals surface area contributed by atoms with Crippen LogP contribution in [0.2, 0.25) is 0 Å². The smallest absolute Gasteiger partial charge is 0.0594 e. The zero-order chi connectivity index (χ0) is 14.3. The van der Waals surface area contributed by atoms with Crippen molar-refractivity contribution in [3.63, 3.8) is 0 Å². The summed E-state index contributed by atoms with van der Waals surface area (Å²) in [7, 11) is 4.09. The fraction of sp³-hybridized carbons (Fsp3) is 1.00. The van der Waals surface area contributed by atoms with Crippen molar-refractivity contribution in [1.29, 1.82) is 0 Å². The molecule has 0 radical (unpaired) electrons. The van der Waals surface area contributed by atoms with Crippen molar-refractivity contribution in [2.24, 2.45) is 11.5 Å². The van der Waals surface area contributed by atoms with Crippen molar-refractivity contribution in [3.8, 4) is 0 Å². The van der Waals surface area contributed by atoms with Crippen molar-refractivity contribution >= 4 is 0 Å². The van der Waals surface area contributed by atoms with Gasteiger partial charge in [0.15, 0.2) is 0 Å². The predicted molar refractivity (Wildman–Crippen MR) is 79.4 cm³/mol. The van der Waals surface area contributed by atoms with Crippen LogP contribution in [0.5, 0.6) is 0 Å². The molecule has 0 heterocycles. The number of likely N-dealkylation sites (N-methyl/N-ethyl adjacent to an activating group) is 1. The molecule has 0 aliphatic carbocycles. The van der Waals surface area contributed by atoms with Crippen LogP contribution < -0.4 is 11.5 Å². The highest BCUT2D eigenvalue weighted by Crippen LogP contribution is 1.92. The number of hydrogen-bond acceptors (Lipinski definition) is 6. The Labute approximate surface area is 118 Å². The summed E-state index contributed by atoms with van der Waals surface area (Å²) in [4.78, 5) is 4.45. The van der Waals surface area contributed by atoms with Gasteiger partial charge in [0.25, 0.3) is 0 Å². The van der Waals surface area contributed by atoms with E-state index in [-0.39, 0.29) is 0 Å². The lowest BCUT2D eigenvalue weighted by Crippen LogP contribution is -2.33. The Morgan fingerprint density at radius 2 is 1.32 bits per heavy atom. The molecule has 0 aliphatic heterocycles. The maximum absolute atomic E-state index is 5.61. The molecular formula is C13H32N4O2. The van der Waals surface area contributed by atoms with Gasteiger partial charge in [-0.3, -0.25) is 4.90 Å². The number of ether oxygens (including phenoxy) is 2. The average molecular weight is 276 g/mol. The highest BCUT2D eigenvalue weighted by Gasteiger charge is 2.04. The summed E-state index contributed by atoms with van der Waals surface area (Å²) in [6.45, 7) is 8.00. The van der Waals surface area contributed by atoms with Gasteiger partial charge in [-0.25, -0.2) is 0 Å². The normalized spacial score (nSPS) is 11.7. The molecular weight excluding hydrogens is 244 g/mol. The Morgan fingerprint density at radius 3 is 1.84 bits per heavy atom. The summed E-state index contributed by atoms with van der Waals surface area (Å²) < 4.78 is 11.0. The molecule has 19 heavy (non-hydrogen) atoms. The Balaban J connectivity index is 3.60. The Bertz CT molecular complexity index is 182. The molecule has 0 unspecified atom stereocenters. The minimum Gasteiger partial charge on any atom is -0.379 e. The van der Waals surface area contributed by atoms with Gasteiger partial charge in [-0.1, -0.05) is 0 Å². The number of nitrogens with zero attached hydrogens (tertiary/aromatic N) is 2. The maximum Gasteiger partial charge on any atom is 0.0594 e. The molecule has 0 saturated carbocycles. The van der Waals surface area contributed by atoms with E-state index in [0.29, 0.717) is 13.2 Å². The van der Waals surface area contributed by atoms with Crippen molar-refractivity contribution in [2.75, 3.05) is 79.8 Å². The van der Waals surface area contributed by atoms with E-state index in [0.717, 1.165) is 59.0 Å². The standard InChI is InChI=1S/C13H32N4O2/c1-16(2)7-11-19-13-9-17(6-3-4-14)8-12-18-10-5-15/h3-15H2,1-2H3. The van der Waals surface area contributed by atoms with Crippen molar-refractivity contribution in [1.82, 2.24) is 9.80 Å². The third kappa shape index (κ3) is 14.0. The zero-order valence-corrected chi connectivity index (χ0v) is 12.6. The van der Waals surface area contributed by atoms with Crippen LogP contribution in [0.15, 0.2) is 0 Å². The number of rotatable bonds is 14. The van der Waals surface area contributed by atoms with Gasteiger partial charge in [0.1, 0.15) is 0 Å². The van der Waals surface area contributed by atoms with Gasteiger partial charge in [0.05, 0.1) is 26.4 Å². The first-order chi connectivity index (χ1) is 9.20. The monoisotopic (exact) mass is 276 g/mol. The Kier molecular flexibility index (Phi) is 14.0. The quantitative estimate of drug-likeness (QED) is 0.404. The molecule has 116 valence electrons. The van der Waals surface area contributed by atoms with Crippen molar-refractivity contribution < 1.29 is 9.47 Å². The average Bonchev–Trinajstić information content (AvgIpc) is 2.39. The topological polar surface area (TPSA) is 77.0 Å². The van der Waals surface area contributed by atoms with Gasteiger partial charge in [0.2, 0.25) is 0 Å². The summed E-state index contributed by atoms with van der Waals surface area (Å²) in [5.74, 6) is 0. The summed E-state index contributed by atoms with van der Waals surface area (Å²) in [6.07, 6.45) is 1.01. The van der Waals surface area contributed by atoms with Crippen molar-refractivity contribution in [3.05, 3.63) is 0 Å². The van der Waals surface area contributed by atoms with Crippen LogP contribution in [-0.4, -0.2) is 89.6 Å². The SMILES string of the molecule is CN(C)CCOCCN(CCCN)CCOCCN. The molecule has 6 nitrogen and oxygen atoms in total. The highest BCUT2D eigenvalue weighted by molar-refractivity contribution is 4.58. The first-order valence-corrected chi connectivity index (χ1v) is 7.13. The van der Waals surface area contributed by atoms with Crippen LogP contribution in [-0.2, 0) is 9.47 Å². The van der Waals surface area contributed by atoms with Gasteiger partial charge < -0.3 is 25.8 Å². The fourth-order valence-corrected chi connectivity index (χ4v) is 1.57. The lowest BCUT2D eigenvalue weighted by Gasteiger charge is -2.22. The molecule has 6 heteroatoms. The van der Waals surface area contributed by atoms with E-state index in [2.05, 4.69) is 9.80 Å². The van der Waals surface area contributed by atoms with Crippen LogP contribution in [0, 0.1) is 0 Å². The van der Waals surface area contributed by atoms with Crippen LogP contribution in [0.4, 0.5) is 0 Å².